The van der Waals surface area contributed by atoms with Crippen molar-refractivity contribution >= 4 is 5.91 Å². The molecule has 100 valence electrons. The first kappa shape index (κ1) is 14.5. The molecule has 4 heteroatoms. The summed E-state index contributed by atoms with van der Waals surface area (Å²) in [6, 6.07) is 0. The van der Waals surface area contributed by atoms with Gasteiger partial charge in [0.1, 0.15) is 0 Å². The molecule has 2 N–H and O–H groups in total. The highest BCUT2D eigenvalue weighted by molar-refractivity contribution is 5.76. The van der Waals surface area contributed by atoms with Crippen LogP contribution in [-0.2, 0) is 9.53 Å². The van der Waals surface area contributed by atoms with Crippen LogP contribution < -0.4 is 10.6 Å². The summed E-state index contributed by atoms with van der Waals surface area (Å²) in [6.07, 6.45) is 2.78. The maximum Gasteiger partial charge on any atom is 0.221 e. The summed E-state index contributed by atoms with van der Waals surface area (Å²) in [5.41, 5.74) is 0.166. The number of ether oxygens (including phenoxy) is 1. The second-order valence-corrected chi connectivity index (χ2v) is 5.51. The summed E-state index contributed by atoms with van der Waals surface area (Å²) in [5.74, 6) is 0.792. The maximum atomic E-state index is 11.6. The van der Waals surface area contributed by atoms with Crippen LogP contribution in [0.1, 0.15) is 33.1 Å². The normalized spacial score (nSPS) is 18.1. The number of rotatable bonds is 6. The Labute approximate surface area is 104 Å². The summed E-state index contributed by atoms with van der Waals surface area (Å²) < 4.78 is 5.38. The SMILES string of the molecule is CNCCC(=O)NCC(C)(C)C1CCOCC1. The highest BCUT2D eigenvalue weighted by atomic mass is 16.5. The van der Waals surface area contributed by atoms with Crippen LogP contribution in [0.4, 0.5) is 0 Å². The summed E-state index contributed by atoms with van der Waals surface area (Å²) in [5, 5.41) is 6.02. The maximum absolute atomic E-state index is 11.6. The van der Waals surface area contributed by atoms with Crippen molar-refractivity contribution < 1.29 is 9.53 Å². The van der Waals surface area contributed by atoms with Crippen molar-refractivity contribution in [3.63, 3.8) is 0 Å². The quantitative estimate of drug-likeness (QED) is 0.735. The Bertz CT molecular complexity index is 236. The molecule has 0 bridgehead atoms. The van der Waals surface area contributed by atoms with Gasteiger partial charge in [-0.15, -0.1) is 0 Å². The first-order chi connectivity index (χ1) is 8.06. The summed E-state index contributed by atoms with van der Waals surface area (Å²) in [7, 11) is 1.86. The number of nitrogens with one attached hydrogen (secondary N) is 2. The molecule has 4 nitrogen and oxygen atoms in total. The zero-order valence-corrected chi connectivity index (χ0v) is 11.3. The Balaban J connectivity index is 2.29. The minimum atomic E-state index is 0.138. The van der Waals surface area contributed by atoms with Gasteiger partial charge in [0.05, 0.1) is 0 Å². The van der Waals surface area contributed by atoms with E-state index in [0.717, 1.165) is 39.1 Å². The van der Waals surface area contributed by atoms with E-state index in [1.165, 1.54) is 0 Å². The summed E-state index contributed by atoms with van der Waals surface area (Å²) >= 11 is 0. The molecule has 1 heterocycles. The predicted molar refractivity (Wildman–Crippen MR) is 68.9 cm³/mol. The number of hydrogen-bond donors (Lipinski definition) is 2. The molecular formula is C13H26N2O2. The first-order valence-electron chi connectivity index (χ1n) is 6.55. The van der Waals surface area contributed by atoms with Gasteiger partial charge in [0.15, 0.2) is 0 Å². The Hall–Kier alpha value is -0.610. The van der Waals surface area contributed by atoms with E-state index in [9.17, 15) is 4.79 Å². The minimum Gasteiger partial charge on any atom is -0.381 e. The van der Waals surface area contributed by atoms with Crippen molar-refractivity contribution in [2.45, 2.75) is 33.1 Å². The van der Waals surface area contributed by atoms with Crippen LogP contribution >= 0.6 is 0 Å². The van der Waals surface area contributed by atoms with Gasteiger partial charge in [-0.25, -0.2) is 0 Å². The van der Waals surface area contributed by atoms with Gasteiger partial charge in [-0.2, -0.15) is 0 Å². The molecule has 17 heavy (non-hydrogen) atoms. The standard InChI is InChI=1S/C13H26N2O2/c1-13(2,11-5-8-17-9-6-11)10-15-12(16)4-7-14-3/h11,14H,4-10H2,1-3H3,(H,15,16). The lowest BCUT2D eigenvalue weighted by atomic mass is 9.74. The average molecular weight is 242 g/mol. The molecule has 1 rings (SSSR count). The third-order valence-corrected chi connectivity index (χ3v) is 3.67. The molecular weight excluding hydrogens is 216 g/mol. The van der Waals surface area contributed by atoms with Crippen molar-refractivity contribution in [3.8, 4) is 0 Å². The molecule has 0 aliphatic carbocycles. The van der Waals surface area contributed by atoms with E-state index in [4.69, 9.17) is 4.74 Å². The van der Waals surface area contributed by atoms with Crippen molar-refractivity contribution in [1.82, 2.24) is 10.6 Å². The fourth-order valence-corrected chi connectivity index (χ4v) is 2.28. The minimum absolute atomic E-state index is 0.138. The lowest BCUT2D eigenvalue weighted by Crippen LogP contribution is -2.41. The van der Waals surface area contributed by atoms with Gasteiger partial charge < -0.3 is 15.4 Å². The highest BCUT2D eigenvalue weighted by Crippen LogP contribution is 2.33. The zero-order valence-electron chi connectivity index (χ0n) is 11.3. The second-order valence-electron chi connectivity index (χ2n) is 5.51. The predicted octanol–water partition coefficient (Wildman–Crippen LogP) is 1.16. The molecule has 0 aromatic heterocycles. The molecule has 0 radical (unpaired) electrons. The molecule has 1 aliphatic heterocycles. The van der Waals surface area contributed by atoms with E-state index in [1.807, 2.05) is 7.05 Å². The van der Waals surface area contributed by atoms with Crippen molar-refractivity contribution in [1.29, 1.82) is 0 Å². The van der Waals surface area contributed by atoms with Crippen LogP contribution in [0.3, 0.4) is 0 Å². The van der Waals surface area contributed by atoms with Crippen LogP contribution in [0.25, 0.3) is 0 Å². The van der Waals surface area contributed by atoms with Crippen LogP contribution in [-0.4, -0.2) is 39.3 Å². The van der Waals surface area contributed by atoms with Gasteiger partial charge in [-0.3, -0.25) is 4.79 Å². The van der Waals surface area contributed by atoms with E-state index < -0.39 is 0 Å². The van der Waals surface area contributed by atoms with Gasteiger partial charge >= 0.3 is 0 Å². The Kier molecular flexibility index (Phi) is 5.92. The molecule has 0 atom stereocenters. The molecule has 0 aromatic rings. The van der Waals surface area contributed by atoms with E-state index in [1.54, 1.807) is 0 Å². The smallest absolute Gasteiger partial charge is 0.221 e. The fourth-order valence-electron chi connectivity index (χ4n) is 2.28. The topological polar surface area (TPSA) is 50.4 Å². The Morgan fingerprint density at radius 3 is 2.59 bits per heavy atom. The van der Waals surface area contributed by atoms with Crippen molar-refractivity contribution in [2.75, 3.05) is 33.4 Å². The number of carbonyl (C=O) groups excluding carboxylic acids is 1. The van der Waals surface area contributed by atoms with Gasteiger partial charge in [0.2, 0.25) is 5.91 Å². The third kappa shape index (κ3) is 5.04. The lowest BCUT2D eigenvalue weighted by molar-refractivity contribution is -0.121. The lowest BCUT2D eigenvalue weighted by Gasteiger charge is -2.37. The van der Waals surface area contributed by atoms with Gasteiger partial charge in [0.25, 0.3) is 0 Å². The molecule has 0 unspecified atom stereocenters. The van der Waals surface area contributed by atoms with Crippen LogP contribution in [0, 0.1) is 11.3 Å². The number of hydrogen-bond acceptors (Lipinski definition) is 3. The second kappa shape index (κ2) is 6.97. The monoisotopic (exact) mass is 242 g/mol. The molecule has 0 spiro atoms. The van der Waals surface area contributed by atoms with E-state index in [-0.39, 0.29) is 11.3 Å². The van der Waals surface area contributed by atoms with Crippen molar-refractivity contribution in [2.24, 2.45) is 11.3 Å². The number of amides is 1. The molecule has 1 saturated heterocycles. The van der Waals surface area contributed by atoms with E-state index in [2.05, 4.69) is 24.5 Å². The first-order valence-corrected chi connectivity index (χ1v) is 6.55. The summed E-state index contributed by atoms with van der Waals surface area (Å²) in [6.45, 7) is 7.70. The molecule has 0 saturated carbocycles. The molecule has 1 aliphatic rings. The van der Waals surface area contributed by atoms with Crippen LogP contribution in [0.2, 0.25) is 0 Å². The molecule has 1 fully saturated rings. The zero-order chi connectivity index (χ0) is 12.7. The van der Waals surface area contributed by atoms with Gasteiger partial charge in [0, 0.05) is 32.7 Å². The van der Waals surface area contributed by atoms with Crippen LogP contribution in [0.15, 0.2) is 0 Å². The van der Waals surface area contributed by atoms with Crippen molar-refractivity contribution in [3.05, 3.63) is 0 Å². The Morgan fingerprint density at radius 2 is 2.00 bits per heavy atom. The Morgan fingerprint density at radius 1 is 1.35 bits per heavy atom. The number of carbonyl (C=O) groups is 1. The largest absolute Gasteiger partial charge is 0.381 e. The van der Waals surface area contributed by atoms with E-state index >= 15 is 0 Å². The molecule has 0 aromatic carbocycles. The average Bonchev–Trinajstić information content (AvgIpc) is 2.35. The molecule has 1 amide bonds. The van der Waals surface area contributed by atoms with E-state index in [0.29, 0.717) is 12.3 Å². The van der Waals surface area contributed by atoms with Crippen LogP contribution in [0.5, 0.6) is 0 Å². The third-order valence-electron chi connectivity index (χ3n) is 3.67. The fraction of sp³-hybridized carbons (Fsp3) is 0.923. The summed E-state index contributed by atoms with van der Waals surface area (Å²) in [4.78, 5) is 11.6. The highest BCUT2D eigenvalue weighted by Gasteiger charge is 2.31. The van der Waals surface area contributed by atoms with Gasteiger partial charge in [-0.1, -0.05) is 13.8 Å². The van der Waals surface area contributed by atoms with Gasteiger partial charge in [-0.05, 0) is 31.2 Å².